The Hall–Kier alpha value is -1.75. The van der Waals surface area contributed by atoms with Crippen molar-refractivity contribution in [3.05, 3.63) is 35.5 Å². The van der Waals surface area contributed by atoms with Crippen LogP contribution in [0, 0.1) is 12.7 Å². The highest BCUT2D eigenvalue weighted by molar-refractivity contribution is 5.59. The molecule has 1 aromatic carbocycles. The van der Waals surface area contributed by atoms with Gasteiger partial charge in [-0.2, -0.15) is 4.98 Å². The van der Waals surface area contributed by atoms with Crippen molar-refractivity contribution >= 4 is 0 Å². The fourth-order valence-corrected chi connectivity index (χ4v) is 2.22. The molecular formula is C13H14FN3O. The van der Waals surface area contributed by atoms with Gasteiger partial charge in [0.05, 0.1) is 6.04 Å². The zero-order valence-corrected chi connectivity index (χ0v) is 10.1. The van der Waals surface area contributed by atoms with Crippen LogP contribution in [-0.2, 0) is 0 Å². The predicted molar refractivity (Wildman–Crippen MR) is 64.4 cm³/mol. The summed E-state index contributed by atoms with van der Waals surface area (Å²) in [5.74, 6) is 0.753. The van der Waals surface area contributed by atoms with Gasteiger partial charge in [0.1, 0.15) is 5.82 Å². The van der Waals surface area contributed by atoms with Gasteiger partial charge in [0, 0.05) is 5.56 Å². The molecule has 1 fully saturated rings. The first-order valence-corrected chi connectivity index (χ1v) is 6.07. The lowest BCUT2D eigenvalue weighted by atomic mass is 10.1. The smallest absolute Gasteiger partial charge is 0.244 e. The van der Waals surface area contributed by atoms with Gasteiger partial charge in [-0.3, -0.25) is 0 Å². The molecule has 2 heterocycles. The number of hydrogen-bond acceptors (Lipinski definition) is 4. The zero-order valence-electron chi connectivity index (χ0n) is 10.1. The van der Waals surface area contributed by atoms with Crippen molar-refractivity contribution in [2.24, 2.45) is 0 Å². The number of aromatic nitrogens is 2. The topological polar surface area (TPSA) is 51.0 Å². The standard InChI is InChI=1S/C13H14FN3O/c1-8-4-5-9(14)7-10(8)12-16-13(18-17-12)11-3-2-6-15-11/h4-5,7,11,15H,2-3,6H2,1H3/t11-/m0/s1. The highest BCUT2D eigenvalue weighted by Gasteiger charge is 2.23. The van der Waals surface area contributed by atoms with E-state index in [4.69, 9.17) is 4.52 Å². The third-order valence-corrected chi connectivity index (χ3v) is 3.24. The summed E-state index contributed by atoms with van der Waals surface area (Å²) in [4.78, 5) is 4.36. The molecule has 18 heavy (non-hydrogen) atoms. The van der Waals surface area contributed by atoms with Crippen LogP contribution in [0.1, 0.15) is 30.3 Å². The van der Waals surface area contributed by atoms with E-state index in [-0.39, 0.29) is 11.9 Å². The van der Waals surface area contributed by atoms with Gasteiger partial charge in [0.25, 0.3) is 0 Å². The molecule has 0 unspecified atom stereocenters. The third-order valence-electron chi connectivity index (χ3n) is 3.24. The van der Waals surface area contributed by atoms with Crippen LogP contribution in [0.25, 0.3) is 11.4 Å². The van der Waals surface area contributed by atoms with Crippen molar-refractivity contribution < 1.29 is 8.91 Å². The average Bonchev–Trinajstić information content (AvgIpc) is 3.00. The molecule has 1 atom stereocenters. The first kappa shape index (κ1) is 11.3. The summed E-state index contributed by atoms with van der Waals surface area (Å²) >= 11 is 0. The minimum Gasteiger partial charge on any atom is -0.337 e. The maximum absolute atomic E-state index is 13.2. The van der Waals surface area contributed by atoms with Crippen LogP contribution in [0.5, 0.6) is 0 Å². The second kappa shape index (κ2) is 4.49. The number of nitrogens with one attached hydrogen (secondary N) is 1. The molecule has 0 radical (unpaired) electrons. The van der Waals surface area contributed by atoms with E-state index in [1.807, 2.05) is 6.92 Å². The van der Waals surface area contributed by atoms with Crippen molar-refractivity contribution in [3.63, 3.8) is 0 Å². The van der Waals surface area contributed by atoms with Crippen LogP contribution in [0.15, 0.2) is 22.7 Å². The Morgan fingerprint density at radius 1 is 1.44 bits per heavy atom. The van der Waals surface area contributed by atoms with Crippen molar-refractivity contribution in [2.75, 3.05) is 6.54 Å². The van der Waals surface area contributed by atoms with Crippen molar-refractivity contribution in [2.45, 2.75) is 25.8 Å². The van der Waals surface area contributed by atoms with Crippen molar-refractivity contribution in [1.29, 1.82) is 0 Å². The highest BCUT2D eigenvalue weighted by Crippen LogP contribution is 2.26. The maximum atomic E-state index is 13.2. The fourth-order valence-electron chi connectivity index (χ4n) is 2.22. The van der Waals surface area contributed by atoms with Gasteiger partial charge in [-0.1, -0.05) is 11.2 Å². The number of aryl methyl sites for hydroxylation is 1. The maximum Gasteiger partial charge on any atom is 0.244 e. The molecular weight excluding hydrogens is 233 g/mol. The van der Waals surface area contributed by atoms with Crippen LogP contribution < -0.4 is 5.32 Å². The Balaban J connectivity index is 1.94. The summed E-state index contributed by atoms with van der Waals surface area (Å²) < 4.78 is 18.5. The Morgan fingerprint density at radius 3 is 3.11 bits per heavy atom. The number of benzene rings is 1. The van der Waals surface area contributed by atoms with E-state index in [0.717, 1.165) is 24.9 Å². The van der Waals surface area contributed by atoms with Gasteiger partial charge >= 0.3 is 0 Å². The lowest BCUT2D eigenvalue weighted by Gasteiger charge is -2.02. The summed E-state index contributed by atoms with van der Waals surface area (Å²) in [7, 11) is 0. The molecule has 1 N–H and O–H groups in total. The van der Waals surface area contributed by atoms with Crippen molar-refractivity contribution in [3.8, 4) is 11.4 Å². The van der Waals surface area contributed by atoms with Crippen LogP contribution in [0.4, 0.5) is 4.39 Å². The van der Waals surface area contributed by atoms with Crippen molar-refractivity contribution in [1.82, 2.24) is 15.5 Å². The van der Waals surface area contributed by atoms with Crippen LogP contribution in [0.2, 0.25) is 0 Å². The Morgan fingerprint density at radius 2 is 2.33 bits per heavy atom. The van der Waals surface area contributed by atoms with Crippen LogP contribution in [-0.4, -0.2) is 16.7 Å². The predicted octanol–water partition coefficient (Wildman–Crippen LogP) is 2.61. The molecule has 1 aromatic heterocycles. The number of rotatable bonds is 2. The molecule has 2 aromatic rings. The van der Waals surface area contributed by atoms with Crippen LogP contribution in [0.3, 0.4) is 0 Å². The highest BCUT2D eigenvalue weighted by atomic mass is 19.1. The molecule has 5 heteroatoms. The first-order valence-electron chi connectivity index (χ1n) is 6.07. The Bertz CT molecular complexity index is 561. The molecule has 3 rings (SSSR count). The van der Waals surface area contributed by atoms with E-state index < -0.39 is 0 Å². The minimum atomic E-state index is -0.291. The molecule has 0 saturated carbocycles. The second-order valence-electron chi connectivity index (χ2n) is 4.56. The molecule has 94 valence electrons. The summed E-state index contributed by atoms with van der Waals surface area (Å²) in [6.45, 7) is 2.87. The monoisotopic (exact) mass is 247 g/mol. The van der Waals surface area contributed by atoms with Gasteiger partial charge in [0.15, 0.2) is 0 Å². The second-order valence-corrected chi connectivity index (χ2v) is 4.56. The number of nitrogens with zero attached hydrogens (tertiary/aromatic N) is 2. The Labute approximate surface area is 104 Å². The van der Waals surface area contributed by atoms with Gasteiger partial charge in [-0.15, -0.1) is 0 Å². The SMILES string of the molecule is Cc1ccc(F)cc1-c1noc([C@@H]2CCCN2)n1. The molecule has 1 saturated heterocycles. The van der Waals surface area contributed by atoms with E-state index in [9.17, 15) is 4.39 Å². The molecule has 0 amide bonds. The molecule has 0 spiro atoms. The summed E-state index contributed by atoms with van der Waals surface area (Å²) in [6, 6.07) is 4.72. The third kappa shape index (κ3) is 2.01. The van der Waals surface area contributed by atoms with Gasteiger partial charge in [0.2, 0.25) is 11.7 Å². The van der Waals surface area contributed by atoms with E-state index in [1.54, 1.807) is 6.07 Å². The molecule has 0 aliphatic carbocycles. The van der Waals surface area contributed by atoms with Gasteiger partial charge < -0.3 is 9.84 Å². The normalized spacial score (nSPS) is 19.3. The number of hydrogen-bond donors (Lipinski definition) is 1. The van der Waals surface area contributed by atoms with Crippen LogP contribution >= 0.6 is 0 Å². The first-order chi connectivity index (χ1) is 8.74. The minimum absolute atomic E-state index is 0.139. The number of halogens is 1. The fraction of sp³-hybridized carbons (Fsp3) is 0.385. The lowest BCUT2D eigenvalue weighted by Crippen LogP contribution is -2.12. The zero-order chi connectivity index (χ0) is 12.5. The summed E-state index contributed by atoms with van der Waals surface area (Å²) in [5, 5.41) is 7.23. The quantitative estimate of drug-likeness (QED) is 0.886. The van der Waals surface area contributed by atoms with E-state index in [1.165, 1.54) is 12.1 Å². The molecule has 4 nitrogen and oxygen atoms in total. The van der Waals surface area contributed by atoms with Gasteiger partial charge in [-0.25, -0.2) is 4.39 Å². The summed E-state index contributed by atoms with van der Waals surface area (Å²) in [5.41, 5.74) is 1.62. The molecule has 1 aliphatic rings. The van der Waals surface area contributed by atoms with E-state index >= 15 is 0 Å². The summed E-state index contributed by atoms with van der Waals surface area (Å²) in [6.07, 6.45) is 2.12. The molecule has 0 bridgehead atoms. The van der Waals surface area contributed by atoms with E-state index in [2.05, 4.69) is 15.5 Å². The molecule has 1 aliphatic heterocycles. The Kier molecular flexibility index (Phi) is 2.83. The van der Waals surface area contributed by atoms with Gasteiger partial charge in [-0.05, 0) is 44.0 Å². The average molecular weight is 247 g/mol. The lowest BCUT2D eigenvalue weighted by molar-refractivity contribution is 0.345. The largest absolute Gasteiger partial charge is 0.337 e. The van der Waals surface area contributed by atoms with E-state index in [0.29, 0.717) is 17.3 Å².